The molecule has 410 valence electrons. The molecule has 0 aliphatic carbocycles. The summed E-state index contributed by atoms with van der Waals surface area (Å²) in [6.45, 7) is 16.0. The molecule has 15 aromatic rings. The Hall–Kier alpha value is -10.2. The Labute approximate surface area is 497 Å². The molecule has 0 bridgehead atoms. The molecule has 0 unspecified atom stereocenters. The van der Waals surface area contributed by atoms with Crippen LogP contribution in [0.25, 0.3) is 116 Å². The first kappa shape index (κ1) is 51.7. The van der Waals surface area contributed by atoms with Crippen molar-refractivity contribution in [3.8, 4) is 50.4 Å². The predicted octanol–water partition coefficient (Wildman–Crippen LogP) is 22.4. The molecular weight excluding hydrogens is 1030 g/mol. The first-order valence-corrected chi connectivity index (χ1v) is 29.8. The van der Waals surface area contributed by atoms with Crippen LogP contribution in [0.2, 0.25) is 0 Å². The van der Waals surface area contributed by atoms with Crippen LogP contribution >= 0.6 is 0 Å². The van der Waals surface area contributed by atoms with Gasteiger partial charge in [-0.3, -0.25) is 0 Å². The molecule has 0 radical (unpaired) electrons. The smallest absolute Gasteiger partial charge is 0.0541 e. The van der Waals surface area contributed by atoms with Crippen molar-refractivity contribution in [3.63, 3.8) is 0 Å². The standard InChI is InChI=1S/C81H66N4/c1-53-20-47-77-71(50-53)70-16-10-13-19-76(70)84(77)66-43-29-58(30-44-66)55-23-37-63(38-24-55)82(62-35-21-54(22-36-62)57-27-41-65(42-28-57)83-74-17-11-8-14-68(74)69-15-9-12-18-75(69)83)64-39-25-56(26-40-64)59-31-45-67(46-32-59)85-78-48-33-60(80(2,3)4)51-72(78)73-52-61(81(5,6)7)34-49-79(73)85/h8-52H,1-7H3. The molecule has 4 heteroatoms. The molecule has 3 heterocycles. The number of para-hydroxylation sites is 3. The van der Waals surface area contributed by atoms with Gasteiger partial charge in [0.1, 0.15) is 0 Å². The summed E-state index contributed by atoms with van der Waals surface area (Å²) in [4.78, 5) is 2.37. The zero-order valence-corrected chi connectivity index (χ0v) is 49.3. The van der Waals surface area contributed by atoms with E-state index in [0.29, 0.717) is 0 Å². The normalized spacial score (nSPS) is 12.2. The number of fused-ring (bicyclic) bond motifs is 9. The number of nitrogens with zero attached hydrogens (tertiary/aromatic N) is 4. The summed E-state index contributed by atoms with van der Waals surface area (Å²) >= 11 is 0. The van der Waals surface area contributed by atoms with Crippen molar-refractivity contribution in [1.29, 1.82) is 0 Å². The lowest BCUT2D eigenvalue weighted by molar-refractivity contribution is 0.590. The molecule has 0 spiro atoms. The van der Waals surface area contributed by atoms with Gasteiger partial charge in [-0.15, -0.1) is 0 Å². The Morgan fingerprint density at radius 1 is 0.247 bits per heavy atom. The van der Waals surface area contributed by atoms with Gasteiger partial charge in [-0.2, -0.15) is 0 Å². The maximum atomic E-state index is 2.44. The number of rotatable bonds is 9. The highest BCUT2D eigenvalue weighted by Crippen LogP contribution is 2.42. The second-order valence-corrected chi connectivity index (χ2v) is 25.2. The lowest BCUT2D eigenvalue weighted by Crippen LogP contribution is -2.10. The molecule has 12 aromatic carbocycles. The third-order valence-corrected chi connectivity index (χ3v) is 17.7. The van der Waals surface area contributed by atoms with Crippen molar-refractivity contribution < 1.29 is 0 Å². The maximum Gasteiger partial charge on any atom is 0.0541 e. The van der Waals surface area contributed by atoms with E-state index >= 15 is 0 Å². The van der Waals surface area contributed by atoms with Crippen molar-refractivity contribution in [2.75, 3.05) is 4.90 Å². The van der Waals surface area contributed by atoms with Crippen LogP contribution in [0.1, 0.15) is 58.2 Å². The Kier molecular flexibility index (Phi) is 12.2. The number of aryl methyl sites for hydroxylation is 1. The maximum absolute atomic E-state index is 2.44. The second-order valence-electron chi connectivity index (χ2n) is 25.2. The number of anilines is 3. The van der Waals surface area contributed by atoms with Crippen LogP contribution in [0.4, 0.5) is 17.1 Å². The molecule has 0 saturated heterocycles. The average molecular weight is 1100 g/mol. The molecule has 0 atom stereocenters. The molecule has 0 saturated carbocycles. The van der Waals surface area contributed by atoms with Crippen molar-refractivity contribution in [3.05, 3.63) is 290 Å². The van der Waals surface area contributed by atoms with Gasteiger partial charge >= 0.3 is 0 Å². The van der Waals surface area contributed by atoms with Crippen LogP contribution < -0.4 is 4.90 Å². The number of benzene rings is 12. The minimum Gasteiger partial charge on any atom is -0.311 e. The Morgan fingerprint density at radius 2 is 0.506 bits per heavy atom. The van der Waals surface area contributed by atoms with E-state index in [4.69, 9.17) is 0 Å². The lowest BCUT2D eigenvalue weighted by atomic mass is 9.85. The van der Waals surface area contributed by atoms with Crippen LogP contribution in [0, 0.1) is 6.92 Å². The zero-order valence-electron chi connectivity index (χ0n) is 49.3. The van der Waals surface area contributed by atoms with Crippen LogP contribution in [-0.4, -0.2) is 13.7 Å². The third kappa shape index (κ3) is 8.99. The van der Waals surface area contributed by atoms with Crippen molar-refractivity contribution >= 4 is 82.5 Å². The fourth-order valence-corrected chi connectivity index (χ4v) is 13.1. The third-order valence-electron chi connectivity index (χ3n) is 17.7. The number of hydrogen-bond donors (Lipinski definition) is 0. The van der Waals surface area contributed by atoms with Gasteiger partial charge < -0.3 is 18.6 Å². The Balaban J connectivity index is 0.759. The largest absolute Gasteiger partial charge is 0.311 e. The van der Waals surface area contributed by atoms with E-state index in [0.717, 1.165) is 50.8 Å². The highest BCUT2D eigenvalue weighted by molar-refractivity contribution is 6.12. The summed E-state index contributed by atoms with van der Waals surface area (Å²) in [5.41, 5.74) is 25.0. The van der Waals surface area contributed by atoms with Crippen molar-refractivity contribution in [1.82, 2.24) is 13.7 Å². The first-order chi connectivity index (χ1) is 41.3. The Bertz CT molecular complexity index is 4890. The van der Waals surface area contributed by atoms with Gasteiger partial charge in [-0.25, -0.2) is 0 Å². The molecule has 0 aliphatic heterocycles. The Morgan fingerprint density at radius 3 is 0.824 bits per heavy atom. The highest BCUT2D eigenvalue weighted by atomic mass is 15.1. The van der Waals surface area contributed by atoms with E-state index in [1.807, 2.05) is 0 Å². The summed E-state index contributed by atoms with van der Waals surface area (Å²) in [5.74, 6) is 0. The molecule has 0 fully saturated rings. The van der Waals surface area contributed by atoms with Gasteiger partial charge in [0, 0.05) is 66.4 Å². The first-order valence-electron chi connectivity index (χ1n) is 29.8. The van der Waals surface area contributed by atoms with Gasteiger partial charge in [-0.1, -0.05) is 193 Å². The molecule has 0 amide bonds. The van der Waals surface area contributed by atoms with Crippen LogP contribution in [0.5, 0.6) is 0 Å². The number of aromatic nitrogens is 3. The molecule has 0 aliphatic rings. The SMILES string of the molecule is Cc1ccc2c(c1)c1ccccc1n2-c1ccc(-c2ccc(N(c3ccc(-c4ccc(-n5c6ccccc6c6ccccc65)cc4)cc3)c3ccc(-c4ccc(-n5c6ccc(C(C)(C)C)cc6c6cc(C(C)(C)C)ccc65)cc4)cc3)cc2)cc1. The van der Waals surface area contributed by atoms with Gasteiger partial charge in [0.2, 0.25) is 0 Å². The van der Waals surface area contributed by atoms with E-state index in [2.05, 4.69) is 340 Å². The average Bonchev–Trinajstić information content (AvgIpc) is 2.25. The molecular formula is C81H66N4. The van der Waals surface area contributed by atoms with Crippen LogP contribution in [0.15, 0.2) is 273 Å². The molecule has 3 aromatic heterocycles. The summed E-state index contributed by atoms with van der Waals surface area (Å²) in [5, 5.41) is 7.68. The zero-order chi connectivity index (χ0) is 57.7. The second kappa shape index (κ2) is 20.0. The minimum absolute atomic E-state index is 0.0445. The van der Waals surface area contributed by atoms with Gasteiger partial charge in [0.05, 0.1) is 33.1 Å². The topological polar surface area (TPSA) is 18.0 Å². The van der Waals surface area contributed by atoms with Crippen molar-refractivity contribution in [2.24, 2.45) is 0 Å². The van der Waals surface area contributed by atoms with Crippen LogP contribution in [-0.2, 0) is 10.8 Å². The lowest BCUT2D eigenvalue weighted by Gasteiger charge is -2.26. The van der Waals surface area contributed by atoms with E-state index in [1.165, 1.54) is 98.8 Å². The highest BCUT2D eigenvalue weighted by Gasteiger charge is 2.22. The molecule has 85 heavy (non-hydrogen) atoms. The van der Waals surface area contributed by atoms with Gasteiger partial charge in [-0.05, 0) is 190 Å². The van der Waals surface area contributed by atoms with E-state index < -0.39 is 0 Å². The minimum atomic E-state index is 0.0445. The summed E-state index contributed by atoms with van der Waals surface area (Å²) in [6, 6.07) is 101. The van der Waals surface area contributed by atoms with E-state index in [9.17, 15) is 0 Å². The summed E-state index contributed by atoms with van der Waals surface area (Å²) < 4.78 is 7.20. The molecule has 15 rings (SSSR count). The van der Waals surface area contributed by atoms with Crippen LogP contribution in [0.3, 0.4) is 0 Å². The predicted molar refractivity (Wildman–Crippen MR) is 363 cm³/mol. The quantitative estimate of drug-likeness (QED) is 0.141. The fourth-order valence-electron chi connectivity index (χ4n) is 13.1. The summed E-state index contributed by atoms with van der Waals surface area (Å²) in [7, 11) is 0. The monoisotopic (exact) mass is 1090 g/mol. The van der Waals surface area contributed by atoms with Gasteiger partial charge in [0.15, 0.2) is 0 Å². The number of hydrogen-bond acceptors (Lipinski definition) is 1. The fraction of sp³-hybridized carbons (Fsp3) is 0.111. The van der Waals surface area contributed by atoms with Gasteiger partial charge in [0.25, 0.3) is 0 Å². The van der Waals surface area contributed by atoms with E-state index in [-0.39, 0.29) is 10.8 Å². The van der Waals surface area contributed by atoms with E-state index in [1.54, 1.807) is 0 Å². The molecule has 0 N–H and O–H groups in total. The summed E-state index contributed by atoms with van der Waals surface area (Å²) in [6.07, 6.45) is 0. The molecule has 4 nitrogen and oxygen atoms in total. The van der Waals surface area contributed by atoms with Crippen molar-refractivity contribution in [2.45, 2.75) is 59.3 Å².